The van der Waals surface area contributed by atoms with Crippen molar-refractivity contribution in [1.29, 1.82) is 0 Å². The van der Waals surface area contributed by atoms with Gasteiger partial charge in [0, 0.05) is 57.9 Å². The number of likely N-dealkylation sites (tertiary alicyclic amines) is 2. The monoisotopic (exact) mass is 792 g/mol. The SMILES string of the molecule is CC(=O)NCC(=O)N1CCCC1.CCC.CCC.CNCC(=O)N1CCCC1.COC=O.c1c[nH]c(-c2cn3cc(-c4ccc(-c5cnc[nH]5)cc4)sc3n2)n1. The molecule has 0 atom stereocenters. The number of thiazole rings is 1. The van der Waals surface area contributed by atoms with Gasteiger partial charge in [0.1, 0.15) is 5.69 Å². The molecule has 6 heterocycles. The molecule has 2 aliphatic heterocycles. The van der Waals surface area contributed by atoms with E-state index in [-0.39, 0.29) is 24.3 Å². The van der Waals surface area contributed by atoms with Gasteiger partial charge in [-0.15, -0.1) is 0 Å². The maximum absolute atomic E-state index is 11.3. The van der Waals surface area contributed by atoms with Crippen molar-refractivity contribution in [2.75, 3.05) is 53.4 Å². The molecule has 3 amide bonds. The van der Waals surface area contributed by atoms with Gasteiger partial charge in [-0.2, -0.15) is 0 Å². The third-order valence-corrected chi connectivity index (χ3v) is 8.75. The largest absolute Gasteiger partial charge is 0.471 e. The molecule has 5 aromatic rings. The third-order valence-electron chi connectivity index (χ3n) is 7.71. The summed E-state index contributed by atoms with van der Waals surface area (Å²) in [5.74, 6) is 0.904. The number of hydrogen-bond acceptors (Lipinski definition) is 10. The van der Waals surface area contributed by atoms with Crippen LogP contribution in [0.5, 0.6) is 0 Å². The number of fused-ring (bicyclic) bond motifs is 1. The van der Waals surface area contributed by atoms with E-state index in [1.54, 1.807) is 42.0 Å². The van der Waals surface area contributed by atoms with Crippen LogP contribution in [0.4, 0.5) is 0 Å². The van der Waals surface area contributed by atoms with E-state index in [1.807, 2.05) is 21.7 Å². The highest BCUT2D eigenvalue weighted by Crippen LogP contribution is 2.31. The van der Waals surface area contributed by atoms with E-state index in [9.17, 15) is 14.4 Å². The number of likely N-dealkylation sites (N-methyl/N-ethyl adjacent to an activating group) is 1. The van der Waals surface area contributed by atoms with Crippen LogP contribution in [0.3, 0.4) is 0 Å². The fraction of sp³-hybridized carbons (Fsp3) is 0.475. The van der Waals surface area contributed by atoms with Crippen molar-refractivity contribution in [2.45, 2.75) is 73.1 Å². The van der Waals surface area contributed by atoms with Gasteiger partial charge in [0.2, 0.25) is 17.7 Å². The molecule has 2 fully saturated rings. The number of hydrogen-bond donors (Lipinski definition) is 4. The van der Waals surface area contributed by atoms with Gasteiger partial charge in [-0.25, -0.2) is 15.0 Å². The molecule has 7 rings (SSSR count). The normalized spacial score (nSPS) is 12.6. The number of aromatic nitrogens is 6. The number of imidazole rings is 3. The van der Waals surface area contributed by atoms with Crippen LogP contribution in [0.15, 0.2) is 61.6 Å². The van der Waals surface area contributed by atoms with Crippen molar-refractivity contribution in [3.05, 3.63) is 61.6 Å². The number of H-pyrrole nitrogens is 2. The first-order valence-corrected chi connectivity index (χ1v) is 20.0. The highest BCUT2D eigenvalue weighted by atomic mass is 32.1. The summed E-state index contributed by atoms with van der Waals surface area (Å²) in [5.41, 5.74) is 4.17. The van der Waals surface area contributed by atoms with Crippen LogP contribution in [0.1, 0.15) is 73.1 Å². The number of carbonyl (C=O) groups is 4. The lowest BCUT2D eigenvalue weighted by molar-refractivity contribution is -0.131. The average molecular weight is 793 g/mol. The number of aromatic amines is 2. The molecule has 2 saturated heterocycles. The minimum atomic E-state index is -0.150. The van der Waals surface area contributed by atoms with Gasteiger partial charge in [0.15, 0.2) is 10.8 Å². The zero-order valence-electron chi connectivity index (χ0n) is 34.0. The average Bonchev–Trinajstić information content (AvgIpc) is 4.05. The smallest absolute Gasteiger partial charge is 0.292 e. The molecule has 306 valence electrons. The maximum atomic E-state index is 11.3. The summed E-state index contributed by atoms with van der Waals surface area (Å²) in [6.45, 7) is 14.5. The highest BCUT2D eigenvalue weighted by molar-refractivity contribution is 7.20. The maximum Gasteiger partial charge on any atom is 0.292 e. The minimum absolute atomic E-state index is 0.0303. The van der Waals surface area contributed by atoms with Gasteiger partial charge in [-0.3, -0.25) is 23.6 Å². The summed E-state index contributed by atoms with van der Waals surface area (Å²) in [6, 6.07) is 8.43. The lowest BCUT2D eigenvalue weighted by Crippen LogP contribution is -2.37. The number of ether oxygens (including phenoxy) is 1. The van der Waals surface area contributed by atoms with Crippen molar-refractivity contribution in [1.82, 2.24) is 49.8 Å². The molecule has 4 N–H and O–H groups in total. The zero-order valence-corrected chi connectivity index (χ0v) is 34.8. The molecule has 2 aliphatic rings. The van der Waals surface area contributed by atoms with Crippen molar-refractivity contribution >= 4 is 40.5 Å². The standard InChI is InChI=1S/C17H12N6S.C8H14N2O2.C7H14N2O.2C3H8.C2H4O2/c1-3-12(4-2-11(1)13-7-18-10-21-13)15-9-23-8-14(22-17(23)24-15)16-19-5-6-20-16;1-7(11)9-6-8(12)10-4-2-3-5-10;1-8-6-7(10)9-4-2-3-5-9;2*1-3-2;1-4-2-3/h1-10H,(H,18,21)(H,19,20);2-6H2,1H3,(H,9,11);8H,2-6H2,1H3;2*3H2,1-2H3;2H,1H3. The van der Waals surface area contributed by atoms with E-state index in [2.05, 4.69) is 98.4 Å². The van der Waals surface area contributed by atoms with E-state index in [0.717, 1.165) is 66.8 Å². The molecule has 0 radical (unpaired) electrons. The topological polar surface area (TPSA) is 183 Å². The molecule has 4 aromatic heterocycles. The van der Waals surface area contributed by atoms with Gasteiger partial charge < -0.3 is 35.1 Å². The molecule has 16 heteroatoms. The van der Waals surface area contributed by atoms with Crippen molar-refractivity contribution in [2.24, 2.45) is 0 Å². The first-order valence-electron chi connectivity index (χ1n) is 19.1. The molecule has 0 unspecified atom stereocenters. The van der Waals surface area contributed by atoms with Crippen LogP contribution in [0.25, 0.3) is 38.2 Å². The van der Waals surface area contributed by atoms with Crippen LogP contribution in [0.2, 0.25) is 0 Å². The Hall–Kier alpha value is -5.35. The Labute approximate surface area is 334 Å². The fourth-order valence-electron chi connectivity index (χ4n) is 5.18. The third kappa shape index (κ3) is 16.6. The van der Waals surface area contributed by atoms with Crippen LogP contribution in [-0.2, 0) is 23.9 Å². The second-order valence-electron chi connectivity index (χ2n) is 12.8. The summed E-state index contributed by atoms with van der Waals surface area (Å²) in [5, 5.41) is 5.35. The van der Waals surface area contributed by atoms with Crippen LogP contribution >= 0.6 is 11.3 Å². The summed E-state index contributed by atoms with van der Waals surface area (Å²) >= 11 is 1.66. The van der Waals surface area contributed by atoms with Gasteiger partial charge in [-0.1, -0.05) is 76.1 Å². The van der Waals surface area contributed by atoms with Crippen LogP contribution in [0, 0.1) is 0 Å². The second-order valence-corrected chi connectivity index (χ2v) is 13.8. The lowest BCUT2D eigenvalue weighted by atomic mass is 10.1. The first-order chi connectivity index (χ1) is 27.1. The van der Waals surface area contributed by atoms with E-state index >= 15 is 0 Å². The molecule has 15 nitrogen and oxygen atoms in total. The summed E-state index contributed by atoms with van der Waals surface area (Å²) in [4.78, 5) is 66.8. The number of amides is 3. The lowest BCUT2D eigenvalue weighted by Gasteiger charge is -2.14. The van der Waals surface area contributed by atoms with Crippen LogP contribution < -0.4 is 10.6 Å². The highest BCUT2D eigenvalue weighted by Gasteiger charge is 2.18. The van der Waals surface area contributed by atoms with Crippen LogP contribution in [-0.4, -0.2) is 117 Å². The predicted octanol–water partition coefficient (Wildman–Crippen LogP) is 6.04. The number of nitrogens with zero attached hydrogens (tertiary/aromatic N) is 6. The van der Waals surface area contributed by atoms with E-state index < -0.39 is 0 Å². The second kappa shape index (κ2) is 27.3. The molecule has 0 spiro atoms. The molecular weight excluding hydrogens is 733 g/mol. The van der Waals surface area contributed by atoms with E-state index in [1.165, 1.54) is 50.2 Å². The number of benzene rings is 1. The Morgan fingerprint density at radius 3 is 1.88 bits per heavy atom. The zero-order chi connectivity index (χ0) is 41.1. The Morgan fingerprint density at radius 1 is 0.875 bits per heavy atom. The van der Waals surface area contributed by atoms with Gasteiger partial charge in [0.05, 0.1) is 43.3 Å². The van der Waals surface area contributed by atoms with Gasteiger partial charge in [-0.05, 0) is 43.9 Å². The molecule has 0 aliphatic carbocycles. The van der Waals surface area contributed by atoms with Crippen molar-refractivity contribution in [3.8, 4) is 33.2 Å². The predicted molar refractivity (Wildman–Crippen MR) is 223 cm³/mol. The molecule has 56 heavy (non-hydrogen) atoms. The van der Waals surface area contributed by atoms with Crippen molar-refractivity contribution in [3.63, 3.8) is 0 Å². The van der Waals surface area contributed by atoms with Gasteiger partial charge in [0.25, 0.3) is 6.47 Å². The Bertz CT molecular complexity index is 1760. The molecule has 0 bridgehead atoms. The molecule has 0 saturated carbocycles. The Balaban J connectivity index is 0.000000285. The van der Waals surface area contributed by atoms with E-state index in [0.29, 0.717) is 13.0 Å². The van der Waals surface area contributed by atoms with Gasteiger partial charge >= 0.3 is 0 Å². The minimum Gasteiger partial charge on any atom is -0.471 e. The fourth-order valence-corrected chi connectivity index (χ4v) is 6.16. The Morgan fingerprint density at radius 2 is 1.43 bits per heavy atom. The molecule has 1 aromatic carbocycles. The number of carbonyl (C=O) groups excluding carboxylic acids is 4. The number of nitrogens with one attached hydrogen (secondary N) is 4. The number of methoxy groups -OCH3 is 1. The Kier molecular flexibility index (Phi) is 22.8. The van der Waals surface area contributed by atoms with E-state index in [4.69, 9.17) is 4.79 Å². The first kappa shape index (κ1) is 46.8. The summed E-state index contributed by atoms with van der Waals surface area (Å²) in [7, 11) is 3.11. The quantitative estimate of drug-likeness (QED) is 0.136. The number of rotatable bonds is 8. The molecular formula is C40H60N10O5S. The summed E-state index contributed by atoms with van der Waals surface area (Å²) < 4.78 is 5.90. The summed E-state index contributed by atoms with van der Waals surface area (Å²) in [6.07, 6.45) is 18.2. The van der Waals surface area contributed by atoms with Crippen molar-refractivity contribution < 1.29 is 23.9 Å².